The molecular weight excluding hydrogens is 318 g/mol. The highest BCUT2D eigenvalue weighted by molar-refractivity contribution is 7.13. The van der Waals surface area contributed by atoms with Crippen LogP contribution in [-0.4, -0.2) is 43.2 Å². The van der Waals surface area contributed by atoms with E-state index in [1.54, 1.807) is 11.3 Å². The molecule has 2 fully saturated rings. The first-order chi connectivity index (χ1) is 11.8. The minimum atomic E-state index is 0.595. The summed E-state index contributed by atoms with van der Waals surface area (Å²) >= 11 is 1.78. The van der Waals surface area contributed by atoms with Gasteiger partial charge in [0.05, 0.1) is 5.69 Å². The van der Waals surface area contributed by atoms with E-state index in [0.717, 1.165) is 25.5 Å². The molecule has 3 rings (SSSR count). The Morgan fingerprint density at radius 2 is 2.04 bits per heavy atom. The van der Waals surface area contributed by atoms with Crippen molar-refractivity contribution in [2.75, 3.05) is 31.1 Å². The number of anilines is 1. The number of aromatic nitrogens is 1. The third-order valence-electron chi connectivity index (χ3n) is 4.84. The summed E-state index contributed by atoms with van der Waals surface area (Å²) < 4.78 is 0. The second-order valence-corrected chi connectivity index (χ2v) is 7.64. The van der Waals surface area contributed by atoms with Crippen LogP contribution in [0.5, 0.6) is 0 Å². The molecule has 0 spiro atoms. The Labute approximate surface area is 150 Å². The van der Waals surface area contributed by atoms with Gasteiger partial charge in [-0.2, -0.15) is 0 Å². The maximum absolute atomic E-state index is 4.79. The molecule has 0 amide bonds. The number of nitrogens with one attached hydrogen (secondary N) is 2. The lowest BCUT2D eigenvalue weighted by Gasteiger charge is -2.24. The highest BCUT2D eigenvalue weighted by Crippen LogP contribution is 2.24. The largest absolute Gasteiger partial charge is 0.357 e. The average molecular weight is 350 g/mol. The van der Waals surface area contributed by atoms with Crippen molar-refractivity contribution < 1.29 is 0 Å². The zero-order chi connectivity index (χ0) is 16.6. The topological polar surface area (TPSA) is 52.6 Å². The molecule has 1 aliphatic carbocycles. The Balaban J connectivity index is 1.48. The summed E-state index contributed by atoms with van der Waals surface area (Å²) in [6, 6.07) is 0.595. The molecule has 0 aromatic carbocycles. The first kappa shape index (κ1) is 17.5. The summed E-state index contributed by atoms with van der Waals surface area (Å²) in [6.45, 7) is 6.17. The standard InChI is InChI=1S/C18H31N5S/c1-2-19-17(21-15-8-4-3-5-9-15)20-11-10-16-14-24-18(22-16)23-12-6-7-13-23/h14-15H,2-13H2,1H3,(H2,19,20,21). The molecule has 1 aromatic rings. The van der Waals surface area contributed by atoms with Crippen LogP contribution in [0.2, 0.25) is 0 Å². The van der Waals surface area contributed by atoms with Crippen LogP contribution in [0.15, 0.2) is 10.4 Å². The van der Waals surface area contributed by atoms with Gasteiger partial charge in [-0.3, -0.25) is 4.99 Å². The molecule has 6 heteroatoms. The van der Waals surface area contributed by atoms with Gasteiger partial charge >= 0.3 is 0 Å². The smallest absolute Gasteiger partial charge is 0.191 e. The van der Waals surface area contributed by atoms with Crippen molar-refractivity contribution in [3.05, 3.63) is 11.1 Å². The predicted octanol–water partition coefficient (Wildman–Crippen LogP) is 3.17. The van der Waals surface area contributed by atoms with E-state index in [2.05, 4.69) is 27.8 Å². The zero-order valence-corrected chi connectivity index (χ0v) is 15.7. The molecule has 0 bridgehead atoms. The predicted molar refractivity (Wildman–Crippen MR) is 103 cm³/mol. The fraction of sp³-hybridized carbons (Fsp3) is 0.778. The molecule has 2 N–H and O–H groups in total. The number of hydrogen-bond acceptors (Lipinski definition) is 4. The maximum Gasteiger partial charge on any atom is 0.191 e. The lowest BCUT2D eigenvalue weighted by molar-refractivity contribution is 0.410. The first-order valence-corrected chi connectivity index (χ1v) is 10.5. The van der Waals surface area contributed by atoms with E-state index in [1.807, 2.05) is 0 Å². The minimum Gasteiger partial charge on any atom is -0.357 e. The highest BCUT2D eigenvalue weighted by atomic mass is 32.1. The van der Waals surface area contributed by atoms with E-state index >= 15 is 0 Å². The Hall–Kier alpha value is -1.30. The minimum absolute atomic E-state index is 0.595. The SMILES string of the molecule is CCNC(=NCCc1csc(N2CCCC2)n1)NC1CCCCC1. The molecule has 1 aliphatic heterocycles. The first-order valence-electron chi connectivity index (χ1n) is 9.59. The van der Waals surface area contributed by atoms with Crippen LogP contribution in [0.1, 0.15) is 57.6 Å². The molecule has 0 unspecified atom stereocenters. The zero-order valence-electron chi connectivity index (χ0n) is 14.9. The van der Waals surface area contributed by atoms with E-state index < -0.39 is 0 Å². The quantitative estimate of drug-likeness (QED) is 0.612. The third kappa shape index (κ3) is 5.10. The van der Waals surface area contributed by atoms with Crippen LogP contribution in [0.25, 0.3) is 0 Å². The molecule has 1 saturated heterocycles. The summed E-state index contributed by atoms with van der Waals surface area (Å²) in [6.07, 6.45) is 10.1. The summed E-state index contributed by atoms with van der Waals surface area (Å²) in [5.74, 6) is 0.972. The number of guanidine groups is 1. The Kier molecular flexibility index (Phi) is 6.75. The van der Waals surface area contributed by atoms with Gasteiger partial charge in [-0.05, 0) is 32.6 Å². The van der Waals surface area contributed by atoms with Crippen molar-refractivity contribution >= 4 is 22.4 Å². The van der Waals surface area contributed by atoms with Gasteiger partial charge in [0.2, 0.25) is 0 Å². The van der Waals surface area contributed by atoms with Crippen molar-refractivity contribution in [3.63, 3.8) is 0 Å². The lowest BCUT2D eigenvalue weighted by Crippen LogP contribution is -2.44. The van der Waals surface area contributed by atoms with E-state index in [1.165, 1.54) is 68.9 Å². The van der Waals surface area contributed by atoms with Crippen molar-refractivity contribution in [2.24, 2.45) is 4.99 Å². The number of hydrogen-bond donors (Lipinski definition) is 2. The molecule has 5 nitrogen and oxygen atoms in total. The fourth-order valence-corrected chi connectivity index (χ4v) is 4.42. The second-order valence-electron chi connectivity index (χ2n) is 6.81. The van der Waals surface area contributed by atoms with Crippen LogP contribution < -0.4 is 15.5 Å². The van der Waals surface area contributed by atoms with Crippen LogP contribution in [0, 0.1) is 0 Å². The molecule has 1 saturated carbocycles. The van der Waals surface area contributed by atoms with Gasteiger partial charge in [-0.1, -0.05) is 19.3 Å². The normalized spacial score (nSPS) is 19.7. The maximum atomic E-state index is 4.79. The van der Waals surface area contributed by atoms with Crippen LogP contribution in [0.4, 0.5) is 5.13 Å². The Bertz CT molecular complexity index is 515. The van der Waals surface area contributed by atoms with E-state index in [-0.39, 0.29) is 0 Å². The van der Waals surface area contributed by atoms with Gasteiger partial charge in [-0.25, -0.2) is 4.98 Å². The number of thiazole rings is 1. The van der Waals surface area contributed by atoms with E-state index in [4.69, 9.17) is 9.98 Å². The summed E-state index contributed by atoms with van der Waals surface area (Å²) in [4.78, 5) is 11.9. The highest BCUT2D eigenvalue weighted by Gasteiger charge is 2.16. The van der Waals surface area contributed by atoms with Gasteiger partial charge in [0.15, 0.2) is 11.1 Å². The summed E-state index contributed by atoms with van der Waals surface area (Å²) in [5.41, 5.74) is 1.18. The van der Waals surface area contributed by atoms with E-state index in [0.29, 0.717) is 6.04 Å². The van der Waals surface area contributed by atoms with Gasteiger partial charge in [0, 0.05) is 44.0 Å². The molecule has 1 aromatic heterocycles. The molecular formula is C18H31N5S. The lowest BCUT2D eigenvalue weighted by atomic mass is 9.96. The Morgan fingerprint density at radius 1 is 1.25 bits per heavy atom. The van der Waals surface area contributed by atoms with Crippen LogP contribution >= 0.6 is 11.3 Å². The van der Waals surface area contributed by atoms with Gasteiger partial charge in [0.25, 0.3) is 0 Å². The van der Waals surface area contributed by atoms with Crippen LogP contribution in [0.3, 0.4) is 0 Å². The molecule has 2 heterocycles. The van der Waals surface area contributed by atoms with E-state index in [9.17, 15) is 0 Å². The summed E-state index contributed by atoms with van der Waals surface area (Å²) in [5, 5.41) is 10.4. The number of aliphatic imine (C=N–C) groups is 1. The molecule has 134 valence electrons. The fourth-order valence-electron chi connectivity index (χ4n) is 3.51. The average Bonchev–Trinajstić information content (AvgIpc) is 3.27. The monoisotopic (exact) mass is 349 g/mol. The van der Waals surface area contributed by atoms with Crippen LogP contribution in [-0.2, 0) is 6.42 Å². The molecule has 0 radical (unpaired) electrons. The van der Waals surface area contributed by atoms with Gasteiger partial charge in [0.1, 0.15) is 0 Å². The van der Waals surface area contributed by atoms with Crippen molar-refractivity contribution in [2.45, 2.75) is 64.3 Å². The number of nitrogens with zero attached hydrogens (tertiary/aromatic N) is 3. The van der Waals surface area contributed by atoms with Gasteiger partial charge < -0.3 is 15.5 Å². The molecule has 2 aliphatic rings. The second kappa shape index (κ2) is 9.25. The van der Waals surface area contributed by atoms with Crippen molar-refractivity contribution in [3.8, 4) is 0 Å². The van der Waals surface area contributed by atoms with Crippen molar-refractivity contribution in [1.82, 2.24) is 15.6 Å². The van der Waals surface area contributed by atoms with Crippen molar-refractivity contribution in [1.29, 1.82) is 0 Å². The third-order valence-corrected chi connectivity index (χ3v) is 5.79. The number of rotatable bonds is 6. The molecule has 0 atom stereocenters. The Morgan fingerprint density at radius 3 is 2.79 bits per heavy atom. The molecule has 24 heavy (non-hydrogen) atoms. The summed E-state index contributed by atoms with van der Waals surface area (Å²) in [7, 11) is 0. The van der Waals surface area contributed by atoms with Gasteiger partial charge in [-0.15, -0.1) is 11.3 Å².